The number of aryl methyl sites for hydroxylation is 3. The number of rotatable bonds is 5. The highest BCUT2D eigenvalue weighted by Crippen LogP contribution is 2.25. The Morgan fingerprint density at radius 1 is 1.14 bits per heavy atom. The molecule has 28 heavy (non-hydrogen) atoms. The predicted molar refractivity (Wildman–Crippen MR) is 109 cm³/mol. The van der Waals surface area contributed by atoms with Gasteiger partial charge in [-0.3, -0.25) is 4.79 Å². The van der Waals surface area contributed by atoms with Crippen molar-refractivity contribution in [1.82, 2.24) is 10.1 Å². The molecule has 0 spiro atoms. The second-order valence-electron chi connectivity index (χ2n) is 6.49. The van der Waals surface area contributed by atoms with E-state index in [-0.39, 0.29) is 5.91 Å². The number of amides is 1. The van der Waals surface area contributed by atoms with E-state index in [1.54, 1.807) is 35.6 Å². The molecule has 2 heterocycles. The molecular formula is C21H19N3O3S. The third-order valence-electron chi connectivity index (χ3n) is 4.43. The first kappa shape index (κ1) is 18.2. The van der Waals surface area contributed by atoms with Crippen molar-refractivity contribution in [1.29, 1.82) is 0 Å². The van der Waals surface area contributed by atoms with Crippen LogP contribution in [0.15, 0.2) is 47.0 Å². The maximum absolute atomic E-state index is 12.5. The van der Waals surface area contributed by atoms with Crippen LogP contribution in [0.1, 0.15) is 32.4 Å². The van der Waals surface area contributed by atoms with Crippen molar-refractivity contribution < 1.29 is 14.1 Å². The molecule has 0 unspecified atom stereocenters. The number of nitrogens with zero attached hydrogens (tertiary/aromatic N) is 2. The van der Waals surface area contributed by atoms with E-state index < -0.39 is 0 Å². The third-order valence-corrected chi connectivity index (χ3v) is 5.37. The van der Waals surface area contributed by atoms with E-state index in [1.165, 1.54) is 0 Å². The summed E-state index contributed by atoms with van der Waals surface area (Å²) in [6, 6.07) is 12.8. The first-order valence-electron chi connectivity index (χ1n) is 8.83. The van der Waals surface area contributed by atoms with E-state index in [1.807, 2.05) is 39.0 Å². The standard InChI is InChI=1S/C21H19N3O3S/c1-12-18(13(2)27-24-12)11-26-17-7-4-15(5-8-17)21(25)23-16-6-9-19-20(10-16)28-14(3)22-19/h4-10H,11H2,1-3H3,(H,23,25). The summed E-state index contributed by atoms with van der Waals surface area (Å²) in [5.74, 6) is 1.26. The quantitative estimate of drug-likeness (QED) is 0.514. The van der Waals surface area contributed by atoms with Crippen LogP contribution in [-0.2, 0) is 6.61 Å². The minimum atomic E-state index is -0.169. The molecule has 1 N–H and O–H groups in total. The molecule has 0 atom stereocenters. The second kappa shape index (κ2) is 7.44. The van der Waals surface area contributed by atoms with Crippen LogP contribution in [0.2, 0.25) is 0 Å². The number of anilines is 1. The van der Waals surface area contributed by atoms with E-state index >= 15 is 0 Å². The average Bonchev–Trinajstić information content (AvgIpc) is 3.21. The summed E-state index contributed by atoms with van der Waals surface area (Å²) >= 11 is 1.61. The normalized spacial score (nSPS) is 11.0. The molecule has 4 aromatic rings. The highest BCUT2D eigenvalue weighted by molar-refractivity contribution is 7.18. The Bertz CT molecular complexity index is 1130. The minimum Gasteiger partial charge on any atom is -0.489 e. The number of aromatic nitrogens is 2. The Hall–Kier alpha value is -3.19. The minimum absolute atomic E-state index is 0.169. The van der Waals surface area contributed by atoms with Crippen molar-refractivity contribution >= 4 is 33.1 Å². The number of ether oxygens (including phenoxy) is 1. The molecule has 2 aromatic heterocycles. The van der Waals surface area contributed by atoms with Gasteiger partial charge in [-0.2, -0.15) is 0 Å². The topological polar surface area (TPSA) is 77.2 Å². The van der Waals surface area contributed by atoms with Gasteiger partial charge in [0, 0.05) is 11.3 Å². The first-order valence-corrected chi connectivity index (χ1v) is 9.64. The van der Waals surface area contributed by atoms with Crippen LogP contribution in [-0.4, -0.2) is 16.0 Å². The molecule has 0 fully saturated rings. The van der Waals surface area contributed by atoms with Gasteiger partial charge in [-0.05, 0) is 63.2 Å². The number of fused-ring (bicyclic) bond motifs is 1. The molecule has 0 radical (unpaired) electrons. The predicted octanol–water partition coefficient (Wildman–Crippen LogP) is 5.04. The molecule has 7 heteroatoms. The molecule has 0 aliphatic rings. The van der Waals surface area contributed by atoms with Gasteiger partial charge in [0.25, 0.3) is 5.91 Å². The zero-order chi connectivity index (χ0) is 19.7. The summed E-state index contributed by atoms with van der Waals surface area (Å²) < 4.78 is 12.0. The zero-order valence-electron chi connectivity index (χ0n) is 15.8. The van der Waals surface area contributed by atoms with Crippen molar-refractivity contribution in [3.8, 4) is 5.75 Å². The number of nitrogens with one attached hydrogen (secondary N) is 1. The monoisotopic (exact) mass is 393 g/mol. The molecule has 0 aliphatic carbocycles. The van der Waals surface area contributed by atoms with E-state index in [0.717, 1.165) is 37.9 Å². The van der Waals surface area contributed by atoms with Gasteiger partial charge in [0.2, 0.25) is 0 Å². The summed E-state index contributed by atoms with van der Waals surface area (Å²) in [6.45, 7) is 6.09. The smallest absolute Gasteiger partial charge is 0.255 e. The molecule has 142 valence electrons. The van der Waals surface area contributed by atoms with Crippen LogP contribution < -0.4 is 10.1 Å². The lowest BCUT2D eigenvalue weighted by molar-refractivity contribution is 0.102. The van der Waals surface area contributed by atoms with E-state index in [4.69, 9.17) is 9.26 Å². The summed E-state index contributed by atoms with van der Waals surface area (Å²) in [5.41, 5.74) is 4.02. The van der Waals surface area contributed by atoms with Gasteiger partial charge >= 0.3 is 0 Å². The zero-order valence-corrected chi connectivity index (χ0v) is 16.6. The molecule has 0 saturated carbocycles. The highest BCUT2D eigenvalue weighted by atomic mass is 32.1. The number of hydrogen-bond acceptors (Lipinski definition) is 6. The van der Waals surface area contributed by atoms with Gasteiger partial charge in [0.05, 0.1) is 26.5 Å². The number of carbonyl (C=O) groups is 1. The molecule has 2 aromatic carbocycles. The molecule has 6 nitrogen and oxygen atoms in total. The van der Waals surface area contributed by atoms with E-state index in [9.17, 15) is 4.79 Å². The lowest BCUT2D eigenvalue weighted by Crippen LogP contribution is -2.11. The van der Waals surface area contributed by atoms with Crippen LogP contribution in [0.25, 0.3) is 10.2 Å². The van der Waals surface area contributed by atoms with Crippen molar-refractivity contribution in [2.24, 2.45) is 0 Å². The fraction of sp³-hybridized carbons (Fsp3) is 0.190. The number of hydrogen-bond donors (Lipinski definition) is 1. The maximum atomic E-state index is 12.5. The Morgan fingerprint density at radius 2 is 1.93 bits per heavy atom. The van der Waals surface area contributed by atoms with Gasteiger partial charge in [-0.1, -0.05) is 5.16 Å². The van der Waals surface area contributed by atoms with Gasteiger partial charge in [-0.25, -0.2) is 4.98 Å². The summed E-state index contributed by atoms with van der Waals surface area (Å²) in [7, 11) is 0. The average molecular weight is 393 g/mol. The molecule has 0 aliphatic heterocycles. The Morgan fingerprint density at radius 3 is 2.64 bits per heavy atom. The van der Waals surface area contributed by atoms with Crippen molar-refractivity contribution in [2.45, 2.75) is 27.4 Å². The number of thiazole rings is 1. The van der Waals surface area contributed by atoms with Crippen LogP contribution in [0, 0.1) is 20.8 Å². The Balaban J connectivity index is 1.41. The fourth-order valence-electron chi connectivity index (χ4n) is 2.89. The Kier molecular flexibility index (Phi) is 4.83. The van der Waals surface area contributed by atoms with Crippen molar-refractivity contribution in [3.63, 3.8) is 0 Å². The van der Waals surface area contributed by atoms with Crippen molar-refractivity contribution in [2.75, 3.05) is 5.32 Å². The molecular weight excluding hydrogens is 374 g/mol. The lowest BCUT2D eigenvalue weighted by atomic mass is 10.2. The van der Waals surface area contributed by atoms with Crippen molar-refractivity contribution in [3.05, 3.63) is 70.1 Å². The van der Waals surface area contributed by atoms with Gasteiger partial charge < -0.3 is 14.6 Å². The van der Waals surface area contributed by atoms with Gasteiger partial charge in [-0.15, -0.1) is 11.3 Å². The van der Waals surface area contributed by atoms with Gasteiger partial charge in [0.1, 0.15) is 18.1 Å². The second-order valence-corrected chi connectivity index (χ2v) is 7.72. The van der Waals surface area contributed by atoms with Crippen LogP contribution in [0.5, 0.6) is 5.75 Å². The number of benzene rings is 2. The largest absolute Gasteiger partial charge is 0.489 e. The van der Waals surface area contributed by atoms with E-state index in [0.29, 0.717) is 17.9 Å². The summed E-state index contributed by atoms with van der Waals surface area (Å²) in [5, 5.41) is 7.85. The lowest BCUT2D eigenvalue weighted by Gasteiger charge is -2.08. The molecule has 1 amide bonds. The molecule has 0 bridgehead atoms. The highest BCUT2D eigenvalue weighted by Gasteiger charge is 2.11. The molecule has 4 rings (SSSR count). The van der Waals surface area contributed by atoms with Crippen LogP contribution >= 0.6 is 11.3 Å². The Labute approximate surface area is 166 Å². The van der Waals surface area contributed by atoms with Gasteiger partial charge in [0.15, 0.2) is 0 Å². The van der Waals surface area contributed by atoms with Crippen LogP contribution in [0.4, 0.5) is 5.69 Å². The third kappa shape index (κ3) is 3.75. The maximum Gasteiger partial charge on any atom is 0.255 e. The number of carbonyl (C=O) groups excluding carboxylic acids is 1. The van der Waals surface area contributed by atoms with Crippen LogP contribution in [0.3, 0.4) is 0 Å². The summed E-state index contributed by atoms with van der Waals surface area (Å²) in [6.07, 6.45) is 0. The SMILES string of the molecule is Cc1nc2ccc(NC(=O)c3ccc(OCc4c(C)noc4C)cc3)cc2s1. The summed E-state index contributed by atoms with van der Waals surface area (Å²) in [4.78, 5) is 16.9. The molecule has 0 saturated heterocycles. The van der Waals surface area contributed by atoms with E-state index in [2.05, 4.69) is 15.5 Å². The fourth-order valence-corrected chi connectivity index (χ4v) is 3.75. The first-order chi connectivity index (χ1) is 13.5.